The van der Waals surface area contributed by atoms with E-state index in [-0.39, 0.29) is 18.7 Å². The molecular weight excluding hydrogens is 332 g/mol. The van der Waals surface area contributed by atoms with Crippen LogP contribution in [0.5, 0.6) is 0 Å². The minimum absolute atomic E-state index is 0.167. The normalized spacial score (nSPS) is 12.7. The van der Waals surface area contributed by atoms with E-state index in [0.29, 0.717) is 0 Å². The van der Waals surface area contributed by atoms with E-state index in [2.05, 4.69) is 10.6 Å². The summed E-state index contributed by atoms with van der Waals surface area (Å²) in [6.45, 7) is 1.32. The van der Waals surface area contributed by atoms with Gasteiger partial charge >= 0.3 is 5.97 Å². The summed E-state index contributed by atoms with van der Waals surface area (Å²) in [5, 5.41) is 14.6. The molecule has 0 aliphatic carbocycles. The van der Waals surface area contributed by atoms with Crippen LogP contribution in [0.2, 0.25) is 0 Å². The maximum Gasteiger partial charge on any atom is 0.326 e. The van der Waals surface area contributed by atoms with Crippen LogP contribution in [0.25, 0.3) is 0 Å². The molecule has 2 amide bonds. The Labute approximate surface area is 152 Å². The van der Waals surface area contributed by atoms with Crippen LogP contribution >= 0.6 is 0 Å². The van der Waals surface area contributed by atoms with E-state index in [4.69, 9.17) is 0 Å². The highest BCUT2D eigenvalue weighted by atomic mass is 16.4. The number of rotatable bonds is 8. The summed E-state index contributed by atoms with van der Waals surface area (Å²) < 4.78 is 0. The maximum absolute atomic E-state index is 12.6. The molecule has 2 aromatic rings. The van der Waals surface area contributed by atoms with E-state index < -0.39 is 24.0 Å². The number of hydrogen-bond donors (Lipinski definition) is 3. The van der Waals surface area contributed by atoms with Crippen molar-refractivity contribution in [3.8, 4) is 0 Å². The van der Waals surface area contributed by atoms with Crippen molar-refractivity contribution in [1.29, 1.82) is 0 Å². The number of amides is 2. The third-order valence-electron chi connectivity index (χ3n) is 3.87. The SMILES string of the molecule is CC(=O)N[C@H](Cc1ccccc1)C(=O)N[C@H](Cc1ccccc1)C(=O)O. The second-order valence-corrected chi connectivity index (χ2v) is 6.03. The van der Waals surface area contributed by atoms with Crippen LogP contribution in [0, 0.1) is 0 Å². The van der Waals surface area contributed by atoms with Gasteiger partial charge in [-0.15, -0.1) is 0 Å². The molecule has 0 heterocycles. The highest BCUT2D eigenvalue weighted by Gasteiger charge is 2.26. The van der Waals surface area contributed by atoms with Gasteiger partial charge in [-0.3, -0.25) is 9.59 Å². The molecule has 0 aliphatic rings. The molecule has 0 radical (unpaired) electrons. The van der Waals surface area contributed by atoms with Gasteiger partial charge in [0.1, 0.15) is 12.1 Å². The fourth-order valence-electron chi connectivity index (χ4n) is 2.63. The molecule has 6 heteroatoms. The van der Waals surface area contributed by atoms with Crippen molar-refractivity contribution >= 4 is 17.8 Å². The van der Waals surface area contributed by atoms with Gasteiger partial charge in [0, 0.05) is 19.8 Å². The van der Waals surface area contributed by atoms with Crippen LogP contribution < -0.4 is 10.6 Å². The second-order valence-electron chi connectivity index (χ2n) is 6.03. The summed E-state index contributed by atoms with van der Waals surface area (Å²) in [6, 6.07) is 16.4. The van der Waals surface area contributed by atoms with Gasteiger partial charge < -0.3 is 15.7 Å². The number of hydrogen-bond acceptors (Lipinski definition) is 3. The summed E-state index contributed by atoms with van der Waals surface area (Å²) in [5.74, 6) is -1.99. The first-order valence-corrected chi connectivity index (χ1v) is 8.34. The lowest BCUT2D eigenvalue weighted by Crippen LogP contribution is -2.52. The standard InChI is InChI=1S/C20H22N2O4/c1-14(23)21-17(12-15-8-4-2-5-9-15)19(24)22-18(20(25)26)13-16-10-6-3-7-11-16/h2-11,17-18H,12-13H2,1H3,(H,21,23)(H,22,24)(H,25,26)/t17-,18-/m1/s1. The van der Waals surface area contributed by atoms with Crippen molar-refractivity contribution < 1.29 is 19.5 Å². The summed E-state index contributed by atoms with van der Waals surface area (Å²) in [5.41, 5.74) is 1.68. The van der Waals surface area contributed by atoms with Crippen LogP contribution in [-0.4, -0.2) is 35.0 Å². The Morgan fingerprint density at radius 1 is 0.808 bits per heavy atom. The molecule has 0 aliphatic heterocycles. The zero-order valence-electron chi connectivity index (χ0n) is 14.5. The van der Waals surface area contributed by atoms with E-state index in [1.165, 1.54) is 6.92 Å². The molecule has 0 unspecified atom stereocenters. The van der Waals surface area contributed by atoms with Crippen LogP contribution in [0.4, 0.5) is 0 Å². The predicted octanol–water partition coefficient (Wildman–Crippen LogP) is 1.55. The van der Waals surface area contributed by atoms with E-state index in [0.717, 1.165) is 11.1 Å². The molecular formula is C20H22N2O4. The van der Waals surface area contributed by atoms with Gasteiger partial charge in [0.2, 0.25) is 11.8 Å². The fraction of sp³-hybridized carbons (Fsp3) is 0.250. The maximum atomic E-state index is 12.6. The predicted molar refractivity (Wildman–Crippen MR) is 97.5 cm³/mol. The van der Waals surface area contributed by atoms with E-state index in [1.54, 1.807) is 12.1 Å². The van der Waals surface area contributed by atoms with Gasteiger partial charge in [-0.1, -0.05) is 60.7 Å². The molecule has 0 spiro atoms. The highest BCUT2D eigenvalue weighted by molar-refractivity contribution is 5.90. The lowest BCUT2D eigenvalue weighted by Gasteiger charge is -2.21. The Bertz CT molecular complexity index is 747. The summed E-state index contributed by atoms with van der Waals surface area (Å²) in [4.78, 5) is 35.6. The molecule has 2 rings (SSSR count). The van der Waals surface area contributed by atoms with Gasteiger partial charge in [0.15, 0.2) is 0 Å². The lowest BCUT2D eigenvalue weighted by molar-refractivity contribution is -0.142. The van der Waals surface area contributed by atoms with E-state index >= 15 is 0 Å². The Balaban J connectivity index is 2.09. The lowest BCUT2D eigenvalue weighted by atomic mass is 10.0. The van der Waals surface area contributed by atoms with Gasteiger partial charge in [-0.25, -0.2) is 4.79 Å². The van der Waals surface area contributed by atoms with Crippen molar-refractivity contribution in [2.45, 2.75) is 31.8 Å². The Hall–Kier alpha value is -3.15. The Morgan fingerprint density at radius 3 is 1.69 bits per heavy atom. The topological polar surface area (TPSA) is 95.5 Å². The second kappa shape index (κ2) is 9.36. The molecule has 2 aromatic carbocycles. The van der Waals surface area contributed by atoms with Crippen molar-refractivity contribution in [1.82, 2.24) is 10.6 Å². The number of nitrogens with one attached hydrogen (secondary N) is 2. The smallest absolute Gasteiger partial charge is 0.326 e. The fourth-order valence-corrected chi connectivity index (χ4v) is 2.63. The number of carbonyl (C=O) groups excluding carboxylic acids is 2. The summed E-state index contributed by atoms with van der Waals surface area (Å²) in [7, 11) is 0. The molecule has 2 atom stereocenters. The van der Waals surface area contributed by atoms with E-state index in [9.17, 15) is 19.5 Å². The van der Waals surface area contributed by atoms with Gasteiger partial charge in [-0.2, -0.15) is 0 Å². The highest BCUT2D eigenvalue weighted by Crippen LogP contribution is 2.07. The average molecular weight is 354 g/mol. The third-order valence-corrected chi connectivity index (χ3v) is 3.87. The Kier molecular flexibility index (Phi) is 6.91. The minimum atomic E-state index is -1.12. The molecule has 3 N–H and O–H groups in total. The van der Waals surface area contributed by atoms with Gasteiger partial charge in [-0.05, 0) is 11.1 Å². The van der Waals surface area contributed by atoms with Crippen molar-refractivity contribution in [3.05, 3.63) is 71.8 Å². The number of carbonyl (C=O) groups is 3. The summed E-state index contributed by atoms with van der Waals surface area (Å²) in [6.07, 6.45) is 0.448. The van der Waals surface area contributed by atoms with Crippen LogP contribution in [0.3, 0.4) is 0 Å². The van der Waals surface area contributed by atoms with Crippen LogP contribution in [0.1, 0.15) is 18.1 Å². The van der Waals surface area contributed by atoms with Gasteiger partial charge in [0.05, 0.1) is 0 Å². The Morgan fingerprint density at radius 2 is 1.27 bits per heavy atom. The van der Waals surface area contributed by atoms with Crippen molar-refractivity contribution in [2.75, 3.05) is 0 Å². The van der Waals surface area contributed by atoms with Gasteiger partial charge in [0.25, 0.3) is 0 Å². The molecule has 26 heavy (non-hydrogen) atoms. The molecule has 0 saturated carbocycles. The molecule has 0 bridgehead atoms. The zero-order valence-corrected chi connectivity index (χ0v) is 14.5. The minimum Gasteiger partial charge on any atom is -0.480 e. The number of carboxylic acids is 1. The largest absolute Gasteiger partial charge is 0.480 e. The molecule has 6 nitrogen and oxygen atoms in total. The number of benzene rings is 2. The first-order valence-electron chi connectivity index (χ1n) is 8.34. The quantitative estimate of drug-likeness (QED) is 0.670. The number of carboxylic acid groups (broad SMARTS) is 1. The summed E-state index contributed by atoms with van der Waals surface area (Å²) >= 11 is 0. The molecule has 0 fully saturated rings. The van der Waals surface area contributed by atoms with Crippen LogP contribution in [0.15, 0.2) is 60.7 Å². The molecule has 136 valence electrons. The average Bonchev–Trinajstić information content (AvgIpc) is 2.62. The van der Waals surface area contributed by atoms with Crippen molar-refractivity contribution in [3.63, 3.8) is 0 Å². The number of aliphatic carboxylic acids is 1. The first-order chi connectivity index (χ1) is 12.5. The van der Waals surface area contributed by atoms with E-state index in [1.807, 2.05) is 48.5 Å². The van der Waals surface area contributed by atoms with Crippen LogP contribution in [-0.2, 0) is 27.2 Å². The first kappa shape index (κ1) is 19.2. The zero-order chi connectivity index (χ0) is 18.9. The molecule has 0 aromatic heterocycles. The van der Waals surface area contributed by atoms with Crippen molar-refractivity contribution in [2.24, 2.45) is 0 Å². The third kappa shape index (κ3) is 6.05. The molecule has 0 saturated heterocycles. The monoisotopic (exact) mass is 354 g/mol.